The Balaban J connectivity index is 3.62. The fourth-order valence-corrected chi connectivity index (χ4v) is 12.6. The van der Waals surface area contributed by atoms with Gasteiger partial charge in [0.15, 0.2) is 12.0 Å². The van der Waals surface area contributed by atoms with E-state index in [-0.39, 0.29) is 75.8 Å². The summed E-state index contributed by atoms with van der Waals surface area (Å²) in [5, 5.41) is 102. The quantitative estimate of drug-likeness (QED) is 0.0153. The number of carboxylic acids is 3. The van der Waals surface area contributed by atoms with Gasteiger partial charge in [-0.05, 0) is 120 Å². The van der Waals surface area contributed by atoms with E-state index < -0.39 is 272 Å². The molecule has 670 valence electrons. The largest absolute Gasteiger partial charge is 0.481 e. The minimum Gasteiger partial charge on any atom is -0.481 e. The highest BCUT2D eigenvalue weighted by atomic mass is 32.2. The Morgan fingerprint density at radius 3 is 1.26 bits per heavy atom. The zero-order valence-electron chi connectivity index (χ0n) is 69.2. The Hall–Kier alpha value is -10.1. The Morgan fingerprint density at radius 2 is 0.839 bits per heavy atom. The van der Waals surface area contributed by atoms with Crippen LogP contribution in [0.4, 0.5) is 0 Å². The van der Waals surface area contributed by atoms with Crippen LogP contribution in [0, 0.1) is 29.6 Å². The number of likely N-dealkylation sites (tertiary alicyclic amines) is 1. The summed E-state index contributed by atoms with van der Waals surface area (Å²) >= 11 is 1.47. The standard InChI is InChI=1S/C73H127N19O25S/c1-14-37(10)55(89-62(106)45(28-34(4)5)82-58(102)40(74)23-26-118-13)69(113)87-49(32-94)66(110)79-41(19-21-51(75)97)59(103)81-43(17-15-24-78-73(76)77)71(115)92-25-16-18-50(92)67(111)90-56(38(11)95)70(114)85-44(27-33(2)3)61(105)86-48(31-93)65(109)80-42(20-22-52(98)99)60(104)83-47(30-53(100)101)64(108)88-54(36(8)9)68(112)84-46(29-35(6)7)63(107)91-57(39(12)96)72(116)117/h33-50,54-57,93-96H,14-32,74H2,1-13H3,(H2,75,97)(H,79,110)(H,80,109)(H,81,103)(H,82,102)(H,83,104)(H,84,112)(H,85,114)(H,86,105)(H,87,113)(H,88,108)(H,89,106)(H,90,111)(H,91,107)(H,98,99)(H,100,101)(H,116,117)(H4,76,77,78)/t37-,38+,39+,40-,41-,42-,43-,44-,45-,46-,47-,48-,49-,50-,54-,55-,56-,57-/m0/s1. The van der Waals surface area contributed by atoms with Crippen molar-refractivity contribution in [1.29, 1.82) is 0 Å². The summed E-state index contributed by atoms with van der Waals surface area (Å²) < 4.78 is 0. The average Bonchev–Trinajstić information content (AvgIpc) is 1.62. The predicted molar refractivity (Wildman–Crippen MR) is 426 cm³/mol. The van der Waals surface area contributed by atoms with Crippen molar-refractivity contribution >= 4 is 124 Å². The normalized spacial score (nSPS) is 17.0. The maximum atomic E-state index is 14.8. The van der Waals surface area contributed by atoms with Gasteiger partial charge in [0, 0.05) is 25.9 Å². The molecule has 18 atom stereocenters. The molecule has 0 aromatic carbocycles. The van der Waals surface area contributed by atoms with E-state index in [4.69, 9.17) is 22.9 Å². The van der Waals surface area contributed by atoms with E-state index in [1.807, 2.05) is 20.1 Å². The smallest absolute Gasteiger partial charge is 0.328 e. The monoisotopic (exact) mass is 1700 g/mol. The third-order valence-corrected chi connectivity index (χ3v) is 19.4. The summed E-state index contributed by atoms with van der Waals surface area (Å²) in [4.78, 5) is 249. The van der Waals surface area contributed by atoms with Crippen LogP contribution in [-0.2, 0) is 86.3 Å². The zero-order valence-corrected chi connectivity index (χ0v) is 70.0. The van der Waals surface area contributed by atoms with Gasteiger partial charge in [0.05, 0.1) is 37.9 Å². The predicted octanol–water partition coefficient (Wildman–Crippen LogP) is -7.31. The molecule has 1 heterocycles. The summed E-state index contributed by atoms with van der Waals surface area (Å²) in [6.07, 6.45) is -5.17. The Bertz CT molecular complexity index is 3460. The average molecular weight is 1700 g/mol. The van der Waals surface area contributed by atoms with Crippen molar-refractivity contribution in [3.8, 4) is 0 Å². The molecule has 1 aliphatic heterocycles. The van der Waals surface area contributed by atoms with Gasteiger partial charge in [0.25, 0.3) is 0 Å². The van der Waals surface area contributed by atoms with Gasteiger partial charge in [0.2, 0.25) is 88.6 Å². The van der Waals surface area contributed by atoms with Gasteiger partial charge >= 0.3 is 17.9 Å². The number of hydrogen-bond acceptors (Lipinski definition) is 25. The molecule has 15 amide bonds. The molecule has 118 heavy (non-hydrogen) atoms. The summed E-state index contributed by atoms with van der Waals surface area (Å²) in [5.74, 6) is -22.9. The first-order chi connectivity index (χ1) is 55.0. The van der Waals surface area contributed by atoms with Crippen molar-refractivity contribution in [1.82, 2.24) is 74.0 Å². The van der Waals surface area contributed by atoms with E-state index in [2.05, 4.69) is 74.1 Å². The second-order valence-electron chi connectivity index (χ2n) is 30.8. The SMILES string of the molecule is CC[C@H](C)[C@H](NC(=O)[C@H](CC(C)C)NC(=O)[C@@H](N)CCSC)C(=O)N[C@@H](CO)C(=O)N[C@@H](CCC(N)=O)C(=O)N[C@@H](CCCN=C(N)N)C(=O)N1CCC[C@H]1C(=O)N[C@H](C(=O)N[C@@H](CC(C)C)C(=O)N[C@@H](CO)C(=O)N[C@@H](CCC(=O)O)C(=O)N[C@@H](CC(=O)O)C(=O)N[C@H](C(=O)N[C@@H](CC(C)C)C(=O)N[C@H](C(=O)O)[C@@H](C)O)C(C)C)[C@@H](C)O. The number of nitrogens with one attached hydrogen (secondary N) is 13. The number of thioether (sulfide) groups is 1. The molecule has 1 aliphatic rings. The number of nitrogens with two attached hydrogens (primary N) is 4. The fourth-order valence-electron chi connectivity index (χ4n) is 12.1. The third kappa shape index (κ3) is 38.1. The summed E-state index contributed by atoms with van der Waals surface area (Å²) in [7, 11) is 0. The van der Waals surface area contributed by atoms with Gasteiger partial charge < -0.3 is 133 Å². The van der Waals surface area contributed by atoms with Crippen LogP contribution < -0.4 is 92.1 Å². The molecule has 0 aromatic rings. The lowest BCUT2D eigenvalue weighted by Gasteiger charge is -2.32. The van der Waals surface area contributed by atoms with Gasteiger partial charge in [-0.15, -0.1) is 0 Å². The molecule has 0 radical (unpaired) electrons. The van der Waals surface area contributed by atoms with Gasteiger partial charge in [-0.1, -0.05) is 75.7 Å². The summed E-state index contributed by atoms with van der Waals surface area (Å²) in [6, 6.07) is -24.5. The minimum atomic E-state index is -2.08. The molecule has 44 nitrogen and oxygen atoms in total. The maximum absolute atomic E-state index is 14.8. The topological polar surface area (TPSA) is 725 Å². The number of aliphatic imine (C=N–C) groups is 1. The van der Waals surface area contributed by atoms with Crippen molar-refractivity contribution in [3.05, 3.63) is 0 Å². The maximum Gasteiger partial charge on any atom is 0.328 e. The number of nitrogens with zero attached hydrogens (tertiary/aromatic N) is 2. The number of aliphatic hydroxyl groups is 4. The number of hydrogen-bond donors (Lipinski definition) is 24. The van der Waals surface area contributed by atoms with Gasteiger partial charge in [-0.25, -0.2) is 4.79 Å². The number of guanidine groups is 1. The number of primary amides is 1. The first-order valence-electron chi connectivity index (χ1n) is 39.1. The van der Waals surface area contributed by atoms with E-state index in [9.17, 15) is 122 Å². The molecular formula is C73H127N19O25S. The highest BCUT2D eigenvalue weighted by molar-refractivity contribution is 7.98. The summed E-state index contributed by atoms with van der Waals surface area (Å²) in [5.41, 5.74) is 22.7. The highest BCUT2D eigenvalue weighted by Crippen LogP contribution is 2.22. The van der Waals surface area contributed by atoms with E-state index in [0.717, 1.165) is 18.7 Å². The first kappa shape index (κ1) is 106. The van der Waals surface area contributed by atoms with Crippen molar-refractivity contribution in [3.63, 3.8) is 0 Å². The van der Waals surface area contributed by atoms with Crippen molar-refractivity contribution in [2.75, 3.05) is 38.3 Å². The van der Waals surface area contributed by atoms with Crippen LogP contribution in [0.2, 0.25) is 0 Å². The minimum absolute atomic E-state index is 0.0182. The molecule has 28 N–H and O–H groups in total. The number of carbonyl (C=O) groups excluding carboxylic acids is 15. The van der Waals surface area contributed by atoms with Crippen LogP contribution in [0.1, 0.15) is 173 Å². The van der Waals surface area contributed by atoms with E-state index in [0.29, 0.717) is 18.6 Å². The second-order valence-corrected chi connectivity index (χ2v) is 31.7. The molecule has 0 aromatic heterocycles. The summed E-state index contributed by atoms with van der Waals surface area (Å²) in [6.45, 7) is 16.0. The number of carboxylic acid groups (broad SMARTS) is 3. The number of amides is 15. The first-order valence-corrected chi connectivity index (χ1v) is 40.5. The zero-order chi connectivity index (χ0) is 90.3. The lowest BCUT2D eigenvalue weighted by Crippen LogP contribution is -2.62. The van der Waals surface area contributed by atoms with Gasteiger partial charge in [-0.3, -0.25) is 86.5 Å². The van der Waals surface area contributed by atoms with Crippen LogP contribution in [0.25, 0.3) is 0 Å². The highest BCUT2D eigenvalue weighted by Gasteiger charge is 2.43. The Morgan fingerprint density at radius 1 is 0.449 bits per heavy atom. The fraction of sp³-hybridized carbons (Fsp3) is 0.740. The van der Waals surface area contributed by atoms with Crippen LogP contribution in [0.15, 0.2) is 4.99 Å². The van der Waals surface area contributed by atoms with Crippen LogP contribution in [-0.4, -0.2) is 294 Å². The lowest BCUT2D eigenvalue weighted by molar-refractivity contribution is -0.145. The van der Waals surface area contributed by atoms with E-state index in [1.54, 1.807) is 41.5 Å². The Labute approximate surface area is 689 Å². The van der Waals surface area contributed by atoms with Crippen molar-refractivity contribution in [2.45, 2.75) is 276 Å². The number of carbonyl (C=O) groups is 18. The number of rotatable bonds is 56. The molecule has 1 saturated heterocycles. The molecule has 0 bridgehead atoms. The Kier molecular flexibility index (Phi) is 47.9. The molecule has 0 aliphatic carbocycles. The molecule has 0 spiro atoms. The van der Waals surface area contributed by atoms with Crippen molar-refractivity contribution < 1.29 is 122 Å². The van der Waals surface area contributed by atoms with Crippen LogP contribution in [0.3, 0.4) is 0 Å². The molecular weight excluding hydrogens is 1570 g/mol. The van der Waals surface area contributed by atoms with Crippen LogP contribution in [0.5, 0.6) is 0 Å². The second kappa shape index (κ2) is 53.3. The molecule has 1 rings (SSSR count). The van der Waals surface area contributed by atoms with E-state index >= 15 is 0 Å². The lowest BCUT2D eigenvalue weighted by atomic mass is 9.96. The molecule has 45 heteroatoms. The number of aliphatic hydroxyl groups excluding tert-OH is 4. The van der Waals surface area contributed by atoms with Gasteiger partial charge in [0.1, 0.15) is 78.5 Å². The number of aliphatic carboxylic acids is 3. The molecule has 1 fully saturated rings. The van der Waals surface area contributed by atoms with E-state index in [1.165, 1.54) is 25.6 Å². The van der Waals surface area contributed by atoms with Gasteiger partial charge in [-0.2, -0.15) is 11.8 Å². The van der Waals surface area contributed by atoms with Crippen molar-refractivity contribution in [2.24, 2.45) is 57.5 Å². The molecule has 0 saturated carbocycles. The van der Waals surface area contributed by atoms with Crippen LogP contribution >= 0.6 is 11.8 Å². The molecule has 0 unspecified atom stereocenters. The third-order valence-electron chi connectivity index (χ3n) is 18.8.